The van der Waals surface area contributed by atoms with E-state index in [1.807, 2.05) is 36.4 Å². The van der Waals surface area contributed by atoms with Gasteiger partial charge in [-0.15, -0.1) is 0 Å². The van der Waals surface area contributed by atoms with Gasteiger partial charge in [-0.25, -0.2) is 13.1 Å². The van der Waals surface area contributed by atoms with Crippen molar-refractivity contribution in [2.75, 3.05) is 0 Å². The molecule has 0 radical (unpaired) electrons. The van der Waals surface area contributed by atoms with E-state index in [2.05, 4.69) is 15.4 Å². The van der Waals surface area contributed by atoms with E-state index < -0.39 is 16.1 Å². The van der Waals surface area contributed by atoms with Crippen LogP contribution in [0.15, 0.2) is 84.9 Å². The third-order valence-electron chi connectivity index (χ3n) is 5.20. The van der Waals surface area contributed by atoms with Crippen LogP contribution in [0.4, 0.5) is 0 Å². The van der Waals surface area contributed by atoms with Gasteiger partial charge in [-0.05, 0) is 42.7 Å². The van der Waals surface area contributed by atoms with Crippen LogP contribution in [-0.4, -0.2) is 32.3 Å². The van der Waals surface area contributed by atoms with Gasteiger partial charge in [0.25, 0.3) is 5.91 Å². The SMILES string of the molecule is CC(C)NS(=O)(=O)Cc1ccc(CNC(=O)C(Cc2ccccc2)NC(=O)c2ccccc2)cc1. The lowest BCUT2D eigenvalue weighted by Gasteiger charge is -2.19. The molecule has 2 amide bonds. The molecule has 3 N–H and O–H groups in total. The fourth-order valence-electron chi connectivity index (χ4n) is 3.58. The van der Waals surface area contributed by atoms with Gasteiger partial charge in [0.2, 0.25) is 15.9 Å². The highest BCUT2D eigenvalue weighted by Crippen LogP contribution is 2.10. The zero-order chi connectivity index (χ0) is 25.3. The first-order chi connectivity index (χ1) is 16.7. The van der Waals surface area contributed by atoms with Crippen LogP contribution in [0, 0.1) is 0 Å². The Kier molecular flexibility index (Phi) is 9.17. The number of sulfonamides is 1. The van der Waals surface area contributed by atoms with Crippen LogP contribution in [0.3, 0.4) is 0 Å². The average Bonchev–Trinajstić information content (AvgIpc) is 2.83. The van der Waals surface area contributed by atoms with Gasteiger partial charge >= 0.3 is 0 Å². The molecule has 0 aromatic heterocycles. The summed E-state index contributed by atoms with van der Waals surface area (Å²) in [5, 5.41) is 5.73. The summed E-state index contributed by atoms with van der Waals surface area (Å²) >= 11 is 0. The van der Waals surface area contributed by atoms with Crippen molar-refractivity contribution in [2.24, 2.45) is 0 Å². The van der Waals surface area contributed by atoms with Crippen molar-refractivity contribution in [1.29, 1.82) is 0 Å². The zero-order valence-corrected chi connectivity index (χ0v) is 20.7. The molecule has 0 fully saturated rings. The first-order valence-electron chi connectivity index (χ1n) is 11.5. The summed E-state index contributed by atoms with van der Waals surface area (Å²) < 4.78 is 26.8. The molecular formula is C27H31N3O4S. The topological polar surface area (TPSA) is 104 Å². The summed E-state index contributed by atoms with van der Waals surface area (Å²) in [7, 11) is -3.41. The van der Waals surface area contributed by atoms with Gasteiger partial charge in [-0.3, -0.25) is 9.59 Å². The van der Waals surface area contributed by atoms with Gasteiger partial charge in [0.15, 0.2) is 0 Å². The third-order valence-corrected chi connectivity index (χ3v) is 6.75. The zero-order valence-electron chi connectivity index (χ0n) is 19.9. The first kappa shape index (κ1) is 26.1. The molecule has 0 aliphatic rings. The number of hydrogen-bond donors (Lipinski definition) is 3. The van der Waals surface area contributed by atoms with Crippen LogP contribution in [0.2, 0.25) is 0 Å². The summed E-state index contributed by atoms with van der Waals surface area (Å²) in [4.78, 5) is 25.7. The minimum atomic E-state index is -3.41. The minimum absolute atomic E-state index is 0.109. The van der Waals surface area contributed by atoms with Gasteiger partial charge < -0.3 is 10.6 Å². The van der Waals surface area contributed by atoms with Gasteiger partial charge in [0, 0.05) is 24.6 Å². The lowest BCUT2D eigenvalue weighted by molar-refractivity contribution is -0.123. The molecule has 7 nitrogen and oxygen atoms in total. The molecule has 3 rings (SSSR count). The van der Waals surface area contributed by atoms with E-state index in [1.54, 1.807) is 62.4 Å². The van der Waals surface area contributed by atoms with Crippen LogP contribution < -0.4 is 15.4 Å². The molecule has 0 bridgehead atoms. The van der Waals surface area contributed by atoms with Crippen molar-refractivity contribution in [3.8, 4) is 0 Å². The molecule has 1 atom stereocenters. The number of nitrogens with one attached hydrogen (secondary N) is 3. The largest absolute Gasteiger partial charge is 0.350 e. The van der Waals surface area contributed by atoms with Crippen LogP contribution in [0.25, 0.3) is 0 Å². The Morgan fingerprint density at radius 1 is 0.771 bits per heavy atom. The quantitative estimate of drug-likeness (QED) is 0.382. The van der Waals surface area contributed by atoms with Crippen LogP contribution >= 0.6 is 0 Å². The van der Waals surface area contributed by atoms with E-state index in [-0.39, 0.29) is 30.2 Å². The Labute approximate surface area is 207 Å². The van der Waals surface area contributed by atoms with Gasteiger partial charge in [0.05, 0.1) is 5.75 Å². The molecule has 35 heavy (non-hydrogen) atoms. The Morgan fingerprint density at radius 3 is 1.94 bits per heavy atom. The Balaban J connectivity index is 1.64. The first-order valence-corrected chi connectivity index (χ1v) is 13.1. The van der Waals surface area contributed by atoms with Gasteiger partial charge in [0.1, 0.15) is 6.04 Å². The summed E-state index contributed by atoms with van der Waals surface area (Å²) in [5.74, 6) is -0.726. The highest BCUT2D eigenvalue weighted by Gasteiger charge is 2.22. The number of benzene rings is 3. The average molecular weight is 494 g/mol. The molecule has 0 aliphatic carbocycles. The predicted molar refractivity (Wildman–Crippen MR) is 137 cm³/mol. The third kappa shape index (κ3) is 8.66. The number of carbonyl (C=O) groups excluding carboxylic acids is 2. The maximum absolute atomic E-state index is 13.0. The molecule has 0 saturated carbocycles. The summed E-state index contributed by atoms with van der Waals surface area (Å²) in [6.45, 7) is 3.80. The Hall–Kier alpha value is -3.49. The van der Waals surface area contributed by atoms with E-state index in [9.17, 15) is 18.0 Å². The van der Waals surface area contributed by atoms with Crippen LogP contribution in [-0.2, 0) is 33.5 Å². The van der Waals surface area contributed by atoms with Crippen LogP contribution in [0.5, 0.6) is 0 Å². The van der Waals surface area contributed by atoms with E-state index >= 15 is 0 Å². The molecule has 3 aromatic carbocycles. The smallest absolute Gasteiger partial charge is 0.251 e. The monoisotopic (exact) mass is 493 g/mol. The summed E-state index contributed by atoms with van der Waals surface area (Å²) in [5.41, 5.74) is 2.90. The maximum atomic E-state index is 13.0. The standard InChI is InChI=1S/C27H31N3O4S/c1-20(2)30-35(33,34)19-23-15-13-22(14-16-23)18-28-27(32)25(17-21-9-5-3-6-10-21)29-26(31)24-11-7-4-8-12-24/h3-16,20,25,30H,17-19H2,1-2H3,(H,28,32)(H,29,31). The fraction of sp³-hybridized carbons (Fsp3) is 0.259. The van der Waals surface area contributed by atoms with Crippen molar-refractivity contribution in [1.82, 2.24) is 15.4 Å². The Morgan fingerprint density at radius 2 is 1.34 bits per heavy atom. The number of hydrogen-bond acceptors (Lipinski definition) is 4. The Bertz CT molecular complexity index is 1210. The van der Waals surface area contributed by atoms with Crippen molar-refractivity contribution < 1.29 is 18.0 Å². The highest BCUT2D eigenvalue weighted by atomic mass is 32.2. The second-order valence-electron chi connectivity index (χ2n) is 8.65. The molecule has 1 unspecified atom stereocenters. The molecule has 0 heterocycles. The molecule has 0 saturated heterocycles. The molecule has 0 aliphatic heterocycles. The number of carbonyl (C=O) groups is 2. The molecule has 184 valence electrons. The molecule has 3 aromatic rings. The van der Waals surface area contributed by atoms with Crippen molar-refractivity contribution in [2.45, 2.75) is 44.6 Å². The lowest BCUT2D eigenvalue weighted by atomic mass is 10.0. The number of amides is 2. The van der Waals surface area contributed by atoms with Crippen LogP contribution in [0.1, 0.15) is 40.9 Å². The van der Waals surface area contributed by atoms with Gasteiger partial charge in [-0.2, -0.15) is 0 Å². The molecule has 8 heteroatoms. The van der Waals surface area contributed by atoms with Crippen molar-refractivity contribution in [3.63, 3.8) is 0 Å². The predicted octanol–water partition coefficient (Wildman–Crippen LogP) is 3.17. The van der Waals surface area contributed by atoms with E-state index in [0.717, 1.165) is 11.1 Å². The summed E-state index contributed by atoms with van der Waals surface area (Å²) in [6.07, 6.45) is 0.352. The van der Waals surface area contributed by atoms with Crippen molar-refractivity contribution >= 4 is 21.8 Å². The second-order valence-corrected chi connectivity index (χ2v) is 10.4. The normalized spacial score (nSPS) is 12.2. The fourth-order valence-corrected chi connectivity index (χ4v) is 5.01. The lowest BCUT2D eigenvalue weighted by Crippen LogP contribution is -2.47. The highest BCUT2D eigenvalue weighted by molar-refractivity contribution is 7.88. The van der Waals surface area contributed by atoms with E-state index in [0.29, 0.717) is 17.5 Å². The number of rotatable bonds is 11. The maximum Gasteiger partial charge on any atom is 0.251 e. The van der Waals surface area contributed by atoms with Crippen molar-refractivity contribution in [3.05, 3.63) is 107 Å². The summed E-state index contributed by atoms with van der Waals surface area (Å²) in [6, 6.07) is 24.4. The van der Waals surface area contributed by atoms with Gasteiger partial charge in [-0.1, -0.05) is 72.8 Å². The van der Waals surface area contributed by atoms with E-state index in [1.165, 1.54) is 0 Å². The molecule has 0 spiro atoms. The minimum Gasteiger partial charge on any atom is -0.350 e. The van der Waals surface area contributed by atoms with E-state index in [4.69, 9.17) is 0 Å². The molecular weight excluding hydrogens is 462 g/mol. The second kappa shape index (κ2) is 12.3.